The number of H-pyrrole nitrogens is 3. The number of aliphatic hydroxyl groups is 1. The number of nitrogens with zero attached hydrogens (tertiary/aromatic N) is 14. The van der Waals surface area contributed by atoms with Crippen LogP contribution in [0.2, 0.25) is 0 Å². The van der Waals surface area contributed by atoms with Crippen molar-refractivity contribution in [1.82, 2.24) is 81.7 Å². The molecule has 0 bridgehead atoms. The second kappa shape index (κ2) is 45.5. The number of hydrogen-bond donors (Lipinski definition) is 4. The summed E-state index contributed by atoms with van der Waals surface area (Å²) in [6, 6.07) is 3.78. The maximum Gasteiger partial charge on any atom is 0.369 e. The van der Waals surface area contributed by atoms with E-state index in [0.29, 0.717) is 87.4 Å². The van der Waals surface area contributed by atoms with Crippen LogP contribution in [0, 0.1) is 0 Å². The van der Waals surface area contributed by atoms with Crippen molar-refractivity contribution in [2.45, 2.75) is 131 Å². The van der Waals surface area contributed by atoms with Crippen molar-refractivity contribution in [3.05, 3.63) is 175 Å². The lowest BCUT2D eigenvalue weighted by molar-refractivity contribution is 0.0135. The Bertz CT molecular complexity index is 4760. The summed E-state index contributed by atoms with van der Waals surface area (Å²) < 4.78 is 62.5. The van der Waals surface area contributed by atoms with Crippen LogP contribution in [0.15, 0.2) is 101 Å². The van der Waals surface area contributed by atoms with E-state index in [1.54, 1.807) is 51.4 Å². The first-order chi connectivity index (χ1) is 54.5. The summed E-state index contributed by atoms with van der Waals surface area (Å²) in [5.74, 6) is 9.53. The van der Waals surface area contributed by atoms with E-state index < -0.39 is 9.23 Å². The topological polar surface area (TPSA) is 338 Å². The molecule has 4 N–H and O–H groups in total. The van der Waals surface area contributed by atoms with Gasteiger partial charge in [0.15, 0.2) is 0 Å². The fourth-order valence-electron chi connectivity index (χ4n) is 13.8. The summed E-state index contributed by atoms with van der Waals surface area (Å²) in [4.78, 5) is 82.0. The average molecular weight is 1900 g/mol. The van der Waals surface area contributed by atoms with Crippen LogP contribution in [0.4, 0.5) is 0 Å². The Labute approximate surface area is 701 Å². The van der Waals surface area contributed by atoms with Gasteiger partial charge in [0.2, 0.25) is 21.0 Å². The molecule has 30 nitrogen and oxygen atoms in total. The smallest absolute Gasteiger partial charge is 0.369 e. The number of methoxy groups -OCH3 is 2. The number of imidazole rings is 5. The number of aromatic nitrogens is 16. The molecule has 0 radical (unpaired) electrons. The summed E-state index contributed by atoms with van der Waals surface area (Å²) in [7, 11) is 15.2. The molecule has 112 heavy (non-hydrogen) atoms. The van der Waals surface area contributed by atoms with Gasteiger partial charge in [0.1, 0.15) is 68.6 Å². The number of fused-ring (bicyclic) bond motifs is 5. The second-order valence-electron chi connectivity index (χ2n) is 26.2. The van der Waals surface area contributed by atoms with Gasteiger partial charge in [-0.15, -0.1) is 99.9 Å². The minimum absolute atomic E-state index is 0.0907. The van der Waals surface area contributed by atoms with Gasteiger partial charge in [-0.3, -0.25) is 46.3 Å². The van der Waals surface area contributed by atoms with E-state index in [4.69, 9.17) is 76.9 Å². The third kappa shape index (κ3) is 24.2. The van der Waals surface area contributed by atoms with Gasteiger partial charge in [-0.1, -0.05) is 0 Å². The van der Waals surface area contributed by atoms with Gasteiger partial charge in [0.05, 0.1) is 87.0 Å². The number of aromatic amines is 3. The SMILES string of the molecule is BrB(Br)Br.COc1nc(CCl)cn2c(C3CCOCC3)ncc12.COc1nc(CO)cn2c(C3CCOCC3)ncc12.O=S(Cl)Cl.O=c1[nH]c(CCl)cn2c(C3CCOCC3)ncc12.O=c1[nH]c(CCl)cn2c(C3CCOCC3)ncc12.O=c1[nH]c(CN2CC(Oc3cccnc3)C2)cn2c(C3CCOCC3)ncc12.PP. The molecule has 2 unspecified atom stereocenters. The maximum absolute atomic E-state index is 12.5. The molecule has 0 aliphatic carbocycles. The Kier molecular flexibility index (Phi) is 36.2. The molecule has 0 amide bonds. The van der Waals surface area contributed by atoms with Crippen molar-refractivity contribution in [2.75, 3.05) is 93.4 Å². The number of alkyl halides is 3. The molecule has 6 aliphatic heterocycles. The highest BCUT2D eigenvalue weighted by atomic mass is 79.9. The fraction of sp³-hybridized carbons (Fsp3) is 0.500. The molecule has 6 aliphatic rings. The molecule has 6 fully saturated rings. The second-order valence-corrected chi connectivity index (χ2v) is 36.0. The van der Waals surface area contributed by atoms with Crippen LogP contribution in [0.5, 0.6) is 17.5 Å². The lowest BCUT2D eigenvalue weighted by Gasteiger charge is -2.38. The molecule has 42 heteroatoms. The molecule has 2 atom stereocenters. The number of rotatable bonds is 15. The van der Waals surface area contributed by atoms with Gasteiger partial charge in [-0.25, -0.2) is 39.1 Å². The Balaban J connectivity index is 0.000000146. The Morgan fingerprint density at radius 1 is 0.509 bits per heavy atom. The summed E-state index contributed by atoms with van der Waals surface area (Å²) >= 11 is 26.8. The first kappa shape index (κ1) is 89.1. The third-order valence-electron chi connectivity index (χ3n) is 19.1. The normalized spacial score (nSPS) is 16.7. The standard InChI is InChI=1S/C20H23N5O3.C13H16ClN3O2.C13H17N3O3.2C12H14ClN3O2.BBr3.Cl2OS.H4P2/c26-20-18-9-22-19(14-3-6-27-7-4-14)25(18)11-15(23-20)10-24-12-17(13-24)28-16-2-1-5-21-8-16;1-18-13-11-7-15-12(9-2-4-19-5-3-9)17(11)8-10(6-14)16-13;1-18-13-11-6-14-12(9-2-4-19-5-3-9)16(11)7-10(8-17)15-13;2*13-5-9-7-16-10(12(17)15-9)6-14-11(16)8-1-3-18-4-2-8;2-1(3)4;1-4(2)3;1-2/h1-2,5,8-9,11,14,17H,3-4,6-7,10,12-13H2,(H,23,26);7-9H,2-6H2,1H3;6-7,9,17H,2-5,8H2,1H3;2*6-8H,1-5H2,(H,15,17);;;1-2H2. The third-order valence-corrected chi connectivity index (χ3v) is 20.0. The van der Waals surface area contributed by atoms with Crippen LogP contribution in [0.3, 0.4) is 0 Å². The minimum Gasteiger partial charge on any atom is -0.486 e. The zero-order valence-electron chi connectivity index (χ0n) is 61.4. The molecule has 0 spiro atoms. The number of halogens is 8. The summed E-state index contributed by atoms with van der Waals surface area (Å²) in [5.41, 5.74) is 6.78. The number of aliphatic hydroxyl groups excluding tert-OH is 1. The quantitative estimate of drug-likeness (QED) is 0.0320. The fourth-order valence-corrected chi connectivity index (χ4v) is 14.2. The van der Waals surface area contributed by atoms with Crippen molar-refractivity contribution < 1.29 is 47.2 Å². The van der Waals surface area contributed by atoms with Gasteiger partial charge in [0, 0.05) is 191 Å². The number of pyridine rings is 1. The van der Waals surface area contributed by atoms with Crippen LogP contribution in [-0.4, -0.2) is 194 Å². The zero-order chi connectivity index (χ0) is 79.6. The average Bonchev–Trinajstić information content (AvgIpc) is 1.67. The summed E-state index contributed by atoms with van der Waals surface area (Å²) in [6.45, 7) is 9.88. The molecule has 0 aromatic carbocycles. The molecule has 17 rings (SSSR count). The van der Waals surface area contributed by atoms with Crippen LogP contribution in [-0.2, 0) is 63.7 Å². The van der Waals surface area contributed by atoms with Gasteiger partial charge in [0.25, 0.3) is 16.7 Å². The van der Waals surface area contributed by atoms with Gasteiger partial charge < -0.3 is 58.0 Å². The summed E-state index contributed by atoms with van der Waals surface area (Å²) in [6.07, 6.45) is 31.3. The molecular weight excluding hydrogens is 1810 g/mol. The van der Waals surface area contributed by atoms with E-state index in [1.165, 1.54) is 0 Å². The Hall–Kier alpha value is -5.27. The molecule has 11 aromatic heterocycles. The highest BCUT2D eigenvalue weighted by Crippen LogP contribution is 2.33. The zero-order valence-corrected chi connectivity index (χ0v) is 73.1. The lowest BCUT2D eigenvalue weighted by atomic mass is 10.00. The van der Waals surface area contributed by atoms with Crippen LogP contribution < -0.4 is 30.9 Å². The molecule has 0 saturated carbocycles. The van der Waals surface area contributed by atoms with Crippen molar-refractivity contribution in [3.8, 4) is 17.5 Å². The maximum atomic E-state index is 12.5. The first-order valence-corrected chi connectivity index (χ1v) is 45.9. The van der Waals surface area contributed by atoms with Gasteiger partial charge in [-0.05, 0) is 76.3 Å². The van der Waals surface area contributed by atoms with E-state index in [1.807, 2.05) is 66.9 Å². The van der Waals surface area contributed by atoms with Crippen LogP contribution in [0.1, 0.15) is 151 Å². The van der Waals surface area contributed by atoms with E-state index in [0.717, 1.165) is 201 Å². The van der Waals surface area contributed by atoms with Crippen LogP contribution >= 0.6 is 121 Å². The molecule has 6 saturated heterocycles. The molecule has 606 valence electrons. The molecule has 17 heterocycles. The van der Waals surface area contributed by atoms with Crippen LogP contribution in [0.25, 0.3) is 27.6 Å². The number of likely N-dealkylation sites (tertiary alicyclic amines) is 1. The predicted molar refractivity (Wildman–Crippen MR) is 451 cm³/mol. The van der Waals surface area contributed by atoms with E-state index in [-0.39, 0.29) is 44.3 Å². The van der Waals surface area contributed by atoms with E-state index in [9.17, 15) is 19.5 Å². The highest BCUT2D eigenvalue weighted by Gasteiger charge is 2.31. The number of hydrogen-bond acceptors (Lipinski definition) is 22. The monoisotopic (exact) mass is 1890 g/mol. The first-order valence-electron chi connectivity index (χ1n) is 36.0. The Morgan fingerprint density at radius 3 is 1.13 bits per heavy atom. The van der Waals surface area contributed by atoms with Gasteiger partial charge in [-0.2, -0.15) is 0 Å². The van der Waals surface area contributed by atoms with E-state index in [2.05, 4.69) is 151 Å². The van der Waals surface area contributed by atoms with Crippen molar-refractivity contribution >= 4 is 161 Å². The van der Waals surface area contributed by atoms with E-state index >= 15 is 0 Å². The predicted octanol–water partition coefficient (Wildman–Crippen LogP) is 12.2. The van der Waals surface area contributed by atoms with Gasteiger partial charge >= 0.3 is 3.18 Å². The number of ether oxygens (including phenoxy) is 8. The van der Waals surface area contributed by atoms with Crippen molar-refractivity contribution in [2.24, 2.45) is 0 Å². The largest absolute Gasteiger partial charge is 0.486 e. The molecular formula is C70H88BBr3Cl5N17O13P2S. The number of nitrogens with one attached hydrogen (secondary N) is 3. The van der Waals surface area contributed by atoms with Crippen molar-refractivity contribution in [3.63, 3.8) is 0 Å². The molecule has 11 aromatic rings. The van der Waals surface area contributed by atoms with Crippen molar-refractivity contribution in [1.29, 1.82) is 0 Å². The highest BCUT2D eigenvalue weighted by molar-refractivity contribution is 9.69. The Morgan fingerprint density at radius 2 is 0.821 bits per heavy atom. The summed E-state index contributed by atoms with van der Waals surface area (Å²) in [5, 5.41) is 9.28. The minimum atomic E-state index is -1.67. The lowest BCUT2D eigenvalue weighted by Crippen LogP contribution is -2.53.